The Balaban J connectivity index is 1.61. The van der Waals surface area contributed by atoms with Crippen LogP contribution in [0.5, 0.6) is 11.5 Å². The van der Waals surface area contributed by atoms with E-state index in [1.807, 2.05) is 24.3 Å². The Morgan fingerprint density at radius 2 is 1.89 bits per heavy atom. The summed E-state index contributed by atoms with van der Waals surface area (Å²) in [6, 6.07) is 11.7. The number of halogens is 1. The minimum Gasteiger partial charge on any atom is -0.507 e. The van der Waals surface area contributed by atoms with E-state index in [-0.39, 0.29) is 23.3 Å². The monoisotopic (exact) mass is 389 g/mol. The summed E-state index contributed by atoms with van der Waals surface area (Å²) in [6.45, 7) is 0.0465. The van der Waals surface area contributed by atoms with Crippen LogP contribution in [0, 0.1) is 0 Å². The van der Waals surface area contributed by atoms with Crippen LogP contribution in [0.2, 0.25) is 5.02 Å². The van der Waals surface area contributed by atoms with Crippen molar-refractivity contribution in [3.63, 3.8) is 0 Å². The van der Waals surface area contributed by atoms with Gasteiger partial charge in [0, 0.05) is 17.6 Å². The van der Waals surface area contributed by atoms with E-state index in [2.05, 4.69) is 0 Å². The first-order valence-corrected chi connectivity index (χ1v) is 8.94. The van der Waals surface area contributed by atoms with Gasteiger partial charge in [-0.2, -0.15) is 0 Å². The van der Waals surface area contributed by atoms with Gasteiger partial charge < -0.3 is 19.5 Å². The molecule has 1 amide bonds. The van der Waals surface area contributed by atoms with Crippen LogP contribution in [0.4, 0.5) is 0 Å². The van der Waals surface area contributed by atoms with Gasteiger partial charge in [0.2, 0.25) is 0 Å². The maximum absolute atomic E-state index is 12.6. The van der Waals surface area contributed by atoms with Crippen LogP contribution in [-0.2, 0) is 16.1 Å². The van der Waals surface area contributed by atoms with Gasteiger partial charge in [-0.05, 0) is 48.7 Å². The molecular weight excluding hydrogens is 370 g/mol. The maximum Gasteiger partial charge on any atom is 0.342 e. The third-order valence-corrected chi connectivity index (χ3v) is 4.56. The molecule has 27 heavy (non-hydrogen) atoms. The number of amides is 1. The lowest BCUT2D eigenvalue weighted by Crippen LogP contribution is -2.36. The van der Waals surface area contributed by atoms with E-state index < -0.39 is 12.6 Å². The molecule has 1 aliphatic rings. The molecule has 0 aliphatic heterocycles. The Kier molecular flexibility index (Phi) is 5.86. The predicted molar refractivity (Wildman–Crippen MR) is 100.0 cm³/mol. The van der Waals surface area contributed by atoms with Crippen molar-refractivity contribution in [1.82, 2.24) is 4.90 Å². The number of phenolic OH excluding ortho intramolecular Hbond substituents is 1. The Bertz CT molecular complexity index is 833. The molecule has 0 spiro atoms. The quantitative estimate of drug-likeness (QED) is 0.734. The molecule has 0 unspecified atom stereocenters. The molecule has 0 radical (unpaired) electrons. The van der Waals surface area contributed by atoms with Crippen LogP contribution in [0.15, 0.2) is 42.5 Å². The second-order valence-corrected chi connectivity index (χ2v) is 6.77. The molecule has 0 atom stereocenters. The van der Waals surface area contributed by atoms with Crippen molar-refractivity contribution in [1.29, 1.82) is 0 Å². The molecule has 0 aromatic heterocycles. The number of aromatic hydroxyl groups is 1. The Morgan fingerprint density at radius 1 is 1.19 bits per heavy atom. The van der Waals surface area contributed by atoms with E-state index in [4.69, 9.17) is 21.1 Å². The number of methoxy groups -OCH3 is 1. The van der Waals surface area contributed by atoms with Crippen molar-refractivity contribution in [2.75, 3.05) is 13.7 Å². The van der Waals surface area contributed by atoms with Crippen molar-refractivity contribution >= 4 is 23.5 Å². The summed E-state index contributed by atoms with van der Waals surface area (Å²) in [6.07, 6.45) is 1.87. The molecule has 1 aliphatic carbocycles. The summed E-state index contributed by atoms with van der Waals surface area (Å²) in [4.78, 5) is 26.4. The fourth-order valence-electron chi connectivity index (χ4n) is 2.69. The summed E-state index contributed by atoms with van der Waals surface area (Å²) in [7, 11) is 1.60. The summed E-state index contributed by atoms with van der Waals surface area (Å²) < 4.78 is 10.2. The number of benzene rings is 2. The maximum atomic E-state index is 12.6. The molecule has 3 rings (SSSR count). The zero-order chi connectivity index (χ0) is 19.4. The largest absolute Gasteiger partial charge is 0.507 e. The minimum atomic E-state index is -0.788. The van der Waals surface area contributed by atoms with Gasteiger partial charge in [0.05, 0.1) is 7.11 Å². The van der Waals surface area contributed by atoms with E-state index >= 15 is 0 Å². The second-order valence-electron chi connectivity index (χ2n) is 6.34. The third kappa shape index (κ3) is 4.92. The standard InChI is InChI=1S/C20H20ClNO5/c1-26-16-7-2-13(3-8-16)11-22(15-5-6-15)19(24)12-27-20(25)17-10-14(21)4-9-18(17)23/h2-4,7-10,15,23H,5-6,11-12H2,1H3. The van der Waals surface area contributed by atoms with Crippen molar-refractivity contribution in [2.45, 2.75) is 25.4 Å². The average molecular weight is 390 g/mol. The van der Waals surface area contributed by atoms with Gasteiger partial charge in [0.15, 0.2) is 6.61 Å². The smallest absolute Gasteiger partial charge is 0.342 e. The number of ether oxygens (including phenoxy) is 2. The van der Waals surface area contributed by atoms with Gasteiger partial charge in [-0.25, -0.2) is 4.79 Å². The molecule has 2 aromatic carbocycles. The zero-order valence-corrected chi connectivity index (χ0v) is 15.6. The molecule has 0 heterocycles. The van der Waals surface area contributed by atoms with Crippen molar-refractivity contribution in [2.24, 2.45) is 0 Å². The number of carbonyl (C=O) groups excluding carboxylic acids is 2. The van der Waals surface area contributed by atoms with Gasteiger partial charge in [-0.3, -0.25) is 4.79 Å². The van der Waals surface area contributed by atoms with E-state index in [1.54, 1.807) is 12.0 Å². The Labute approximate surface area is 162 Å². The highest BCUT2D eigenvalue weighted by Gasteiger charge is 2.33. The van der Waals surface area contributed by atoms with Gasteiger partial charge in [-0.15, -0.1) is 0 Å². The second kappa shape index (κ2) is 8.31. The number of hydrogen-bond acceptors (Lipinski definition) is 5. The third-order valence-electron chi connectivity index (χ3n) is 4.33. The molecule has 1 saturated carbocycles. The van der Waals surface area contributed by atoms with E-state index in [0.29, 0.717) is 11.6 Å². The summed E-state index contributed by atoms with van der Waals surface area (Å²) in [5, 5.41) is 10.0. The van der Waals surface area contributed by atoms with Crippen molar-refractivity contribution in [3.05, 3.63) is 58.6 Å². The Morgan fingerprint density at radius 3 is 2.52 bits per heavy atom. The lowest BCUT2D eigenvalue weighted by atomic mass is 10.2. The predicted octanol–water partition coefficient (Wildman–Crippen LogP) is 3.40. The van der Waals surface area contributed by atoms with Gasteiger partial charge in [-0.1, -0.05) is 23.7 Å². The number of nitrogens with zero attached hydrogens (tertiary/aromatic N) is 1. The summed E-state index contributed by atoms with van der Waals surface area (Å²) in [5.74, 6) is -0.556. The number of esters is 1. The lowest BCUT2D eigenvalue weighted by molar-refractivity contribution is -0.135. The minimum absolute atomic E-state index is 0.0663. The fourth-order valence-corrected chi connectivity index (χ4v) is 2.87. The molecule has 1 N–H and O–H groups in total. The summed E-state index contributed by atoms with van der Waals surface area (Å²) in [5.41, 5.74) is 0.901. The molecule has 0 saturated heterocycles. The van der Waals surface area contributed by atoms with Crippen LogP contribution in [-0.4, -0.2) is 41.6 Å². The lowest BCUT2D eigenvalue weighted by Gasteiger charge is -2.22. The molecular formula is C20H20ClNO5. The first-order chi connectivity index (χ1) is 13.0. The van der Waals surface area contributed by atoms with Crippen LogP contribution < -0.4 is 4.74 Å². The number of phenols is 1. The molecule has 0 bridgehead atoms. The molecule has 6 nitrogen and oxygen atoms in total. The number of rotatable bonds is 7. The highest BCUT2D eigenvalue weighted by atomic mass is 35.5. The first kappa shape index (κ1) is 19.0. The van der Waals surface area contributed by atoms with Crippen LogP contribution >= 0.6 is 11.6 Å². The summed E-state index contributed by atoms with van der Waals surface area (Å²) >= 11 is 5.83. The van der Waals surface area contributed by atoms with Crippen LogP contribution in [0.3, 0.4) is 0 Å². The van der Waals surface area contributed by atoms with Crippen LogP contribution in [0.25, 0.3) is 0 Å². The van der Waals surface area contributed by atoms with Crippen LogP contribution in [0.1, 0.15) is 28.8 Å². The van der Waals surface area contributed by atoms with Gasteiger partial charge in [0.25, 0.3) is 5.91 Å². The highest BCUT2D eigenvalue weighted by molar-refractivity contribution is 6.31. The molecule has 7 heteroatoms. The molecule has 1 fully saturated rings. The van der Waals surface area contributed by atoms with Gasteiger partial charge in [0.1, 0.15) is 17.1 Å². The molecule has 2 aromatic rings. The first-order valence-electron chi connectivity index (χ1n) is 8.56. The van der Waals surface area contributed by atoms with E-state index in [1.165, 1.54) is 18.2 Å². The highest BCUT2D eigenvalue weighted by Crippen LogP contribution is 2.29. The van der Waals surface area contributed by atoms with Gasteiger partial charge >= 0.3 is 5.97 Å². The fraction of sp³-hybridized carbons (Fsp3) is 0.300. The van der Waals surface area contributed by atoms with Crippen molar-refractivity contribution in [3.8, 4) is 11.5 Å². The zero-order valence-electron chi connectivity index (χ0n) is 14.9. The van der Waals surface area contributed by atoms with E-state index in [0.717, 1.165) is 24.2 Å². The normalized spacial score (nSPS) is 13.1. The number of carbonyl (C=O) groups is 2. The van der Waals surface area contributed by atoms with Crippen molar-refractivity contribution < 1.29 is 24.2 Å². The molecule has 142 valence electrons. The Hall–Kier alpha value is -2.73. The topological polar surface area (TPSA) is 76.1 Å². The number of hydrogen-bond donors (Lipinski definition) is 1. The van der Waals surface area contributed by atoms with E-state index in [9.17, 15) is 14.7 Å². The SMILES string of the molecule is COc1ccc(CN(C(=O)COC(=O)c2cc(Cl)ccc2O)C2CC2)cc1. The average Bonchev–Trinajstić information content (AvgIpc) is 3.51.